The quantitative estimate of drug-likeness (QED) is 0.206. The van der Waals surface area contributed by atoms with Crippen molar-refractivity contribution in [1.82, 2.24) is 24.3 Å². The van der Waals surface area contributed by atoms with E-state index in [1.807, 2.05) is 35.9 Å². The first-order valence-corrected chi connectivity index (χ1v) is 11.5. The van der Waals surface area contributed by atoms with Crippen molar-refractivity contribution in [2.24, 2.45) is 0 Å². The summed E-state index contributed by atoms with van der Waals surface area (Å²) in [5.74, 6) is 2.45. The Morgan fingerprint density at radius 1 is 0.882 bits per heavy atom. The van der Waals surface area contributed by atoms with Gasteiger partial charge in [-0.15, -0.1) is 23.8 Å². The van der Waals surface area contributed by atoms with Gasteiger partial charge in [-0.25, -0.2) is 0 Å². The van der Waals surface area contributed by atoms with Crippen LogP contribution in [0.2, 0.25) is 0 Å². The Balaban J connectivity index is 0.00000274. The van der Waals surface area contributed by atoms with Gasteiger partial charge in [-0.2, -0.15) is 5.10 Å². The number of benzene rings is 3. The third-order valence-electron chi connectivity index (χ3n) is 6.11. The summed E-state index contributed by atoms with van der Waals surface area (Å²) in [4.78, 5) is 9.48. The molecule has 0 aliphatic carbocycles. The third kappa shape index (κ3) is 4.13. The molecule has 5 rings (SSSR count). The van der Waals surface area contributed by atoms with Crippen LogP contribution in [-0.2, 0) is 20.1 Å². The smallest absolute Gasteiger partial charge is 0.127 e. The average Bonchev–Trinajstić information content (AvgIpc) is 3.42. The molecule has 0 aliphatic heterocycles. The van der Waals surface area contributed by atoms with Gasteiger partial charge in [0, 0.05) is 31.3 Å². The Kier molecular flexibility index (Phi) is 6.83. The van der Waals surface area contributed by atoms with Gasteiger partial charge in [-0.05, 0) is 47.5 Å². The molecule has 0 aliphatic rings. The topological polar surface area (TPSA) is 48.5 Å². The Hall–Kier alpha value is -3.08. The molecule has 0 N–H and O–H groups in total. The molecular weight excluding hydrogens is 599 g/mol. The van der Waals surface area contributed by atoms with Crippen molar-refractivity contribution in [1.29, 1.82) is 0 Å². The second-order valence-corrected chi connectivity index (χ2v) is 9.04. The molecule has 5 nitrogen and oxygen atoms in total. The fourth-order valence-corrected chi connectivity index (χ4v) is 4.52. The van der Waals surface area contributed by atoms with Crippen molar-refractivity contribution in [3.8, 4) is 22.8 Å². The summed E-state index contributed by atoms with van der Waals surface area (Å²) in [5, 5.41) is 4.66. The van der Waals surface area contributed by atoms with Crippen molar-refractivity contribution in [2.75, 3.05) is 0 Å². The van der Waals surface area contributed by atoms with E-state index in [1.165, 1.54) is 11.1 Å². The Bertz CT molecular complexity index is 1400. The zero-order valence-electron chi connectivity index (χ0n) is 20.1. The monoisotopic (exact) mass is 627 g/mol. The van der Waals surface area contributed by atoms with Gasteiger partial charge in [0.15, 0.2) is 0 Å². The largest absolute Gasteiger partial charge is 0.338 e. The van der Waals surface area contributed by atoms with E-state index >= 15 is 0 Å². The molecule has 34 heavy (non-hydrogen) atoms. The van der Waals surface area contributed by atoms with Crippen LogP contribution < -0.4 is 0 Å². The summed E-state index contributed by atoms with van der Waals surface area (Å²) in [7, 11) is 0. The molecule has 0 saturated heterocycles. The molecular formula is C28H28IrN5-. The number of nitrogens with zero attached hydrogens (tertiary/aromatic N) is 5. The number of fused-ring (bicyclic) bond motifs is 1. The molecule has 5 aromatic rings. The number of rotatable bonds is 5. The van der Waals surface area contributed by atoms with Gasteiger partial charge in [-0.1, -0.05) is 64.1 Å². The van der Waals surface area contributed by atoms with Crippen LogP contribution in [0, 0.1) is 13.0 Å². The fourth-order valence-electron chi connectivity index (χ4n) is 4.52. The van der Waals surface area contributed by atoms with E-state index in [0.29, 0.717) is 11.8 Å². The SMILES string of the molecule is Cc1nc2cc(-c3ncnn3-c3c(C(C)C)cccc3C(C)C)[c-]cc2n1-c1ccccc1.[Ir]. The van der Waals surface area contributed by atoms with Gasteiger partial charge >= 0.3 is 0 Å². The molecule has 1 radical (unpaired) electrons. The van der Waals surface area contributed by atoms with E-state index < -0.39 is 0 Å². The van der Waals surface area contributed by atoms with E-state index in [4.69, 9.17) is 4.98 Å². The fraction of sp³-hybridized carbons (Fsp3) is 0.250. The van der Waals surface area contributed by atoms with Crippen LogP contribution in [-0.4, -0.2) is 24.3 Å². The molecule has 0 spiro atoms. The van der Waals surface area contributed by atoms with Crippen LogP contribution in [0.25, 0.3) is 33.8 Å². The van der Waals surface area contributed by atoms with Crippen molar-refractivity contribution in [3.63, 3.8) is 0 Å². The van der Waals surface area contributed by atoms with E-state index in [0.717, 1.165) is 39.6 Å². The minimum atomic E-state index is 0. The Morgan fingerprint density at radius 2 is 1.56 bits per heavy atom. The number of hydrogen-bond donors (Lipinski definition) is 0. The molecule has 175 valence electrons. The van der Waals surface area contributed by atoms with Crippen LogP contribution in [0.5, 0.6) is 0 Å². The van der Waals surface area contributed by atoms with E-state index in [-0.39, 0.29) is 20.1 Å². The first kappa shape index (κ1) is 24.1. The number of aromatic nitrogens is 5. The van der Waals surface area contributed by atoms with Crippen molar-refractivity contribution in [2.45, 2.75) is 46.5 Å². The van der Waals surface area contributed by atoms with E-state index in [9.17, 15) is 0 Å². The molecule has 2 heterocycles. The van der Waals surface area contributed by atoms with Crippen molar-refractivity contribution >= 4 is 11.0 Å². The second kappa shape index (κ2) is 9.65. The predicted octanol–water partition coefficient (Wildman–Crippen LogP) is 6.63. The summed E-state index contributed by atoms with van der Waals surface area (Å²) < 4.78 is 4.13. The zero-order valence-corrected chi connectivity index (χ0v) is 22.5. The zero-order chi connectivity index (χ0) is 23.1. The first-order valence-electron chi connectivity index (χ1n) is 11.5. The Morgan fingerprint density at radius 3 is 2.21 bits per heavy atom. The number of hydrogen-bond acceptors (Lipinski definition) is 3. The minimum absolute atomic E-state index is 0. The van der Waals surface area contributed by atoms with Gasteiger partial charge in [0.2, 0.25) is 0 Å². The first-order chi connectivity index (χ1) is 16.0. The van der Waals surface area contributed by atoms with Crippen molar-refractivity contribution in [3.05, 3.63) is 90.0 Å². The number of imidazole rings is 1. The Labute approximate surface area is 214 Å². The maximum atomic E-state index is 4.84. The second-order valence-electron chi connectivity index (χ2n) is 9.04. The molecule has 0 bridgehead atoms. The normalized spacial score (nSPS) is 11.4. The maximum Gasteiger partial charge on any atom is 0.127 e. The van der Waals surface area contributed by atoms with Crippen molar-refractivity contribution < 1.29 is 20.1 Å². The molecule has 6 heteroatoms. The van der Waals surface area contributed by atoms with E-state index in [2.05, 4.69) is 84.8 Å². The van der Waals surface area contributed by atoms with Gasteiger partial charge in [0.25, 0.3) is 0 Å². The van der Waals surface area contributed by atoms with Crippen LogP contribution in [0.4, 0.5) is 0 Å². The molecule has 2 aromatic heterocycles. The number of aryl methyl sites for hydroxylation is 1. The molecule has 0 atom stereocenters. The number of para-hydroxylation sites is 2. The molecule has 0 amide bonds. The summed E-state index contributed by atoms with van der Waals surface area (Å²) in [6.07, 6.45) is 1.63. The summed E-state index contributed by atoms with van der Waals surface area (Å²) in [6, 6.07) is 24.3. The predicted molar refractivity (Wildman–Crippen MR) is 133 cm³/mol. The third-order valence-corrected chi connectivity index (χ3v) is 6.11. The maximum absolute atomic E-state index is 4.84. The van der Waals surface area contributed by atoms with Crippen LogP contribution in [0.1, 0.15) is 56.5 Å². The molecule has 0 fully saturated rings. The summed E-state index contributed by atoms with van der Waals surface area (Å²) >= 11 is 0. The molecule has 3 aromatic carbocycles. The van der Waals surface area contributed by atoms with Gasteiger partial charge in [0.05, 0.1) is 11.5 Å². The standard InChI is InChI=1S/C28H28N5.Ir/c1-18(2)23-12-9-13-24(19(3)4)27(23)33-28(29-17-30-33)21-14-15-26-25(16-21)31-20(5)32(26)22-10-7-6-8-11-22;/h6-13,15-19H,1-5H3;/q-1;. The molecule has 0 unspecified atom stereocenters. The summed E-state index contributed by atoms with van der Waals surface area (Å²) in [5.41, 5.74) is 7.56. The summed E-state index contributed by atoms with van der Waals surface area (Å²) in [6.45, 7) is 10.9. The van der Waals surface area contributed by atoms with E-state index in [1.54, 1.807) is 6.33 Å². The van der Waals surface area contributed by atoms with Gasteiger partial charge in [-0.3, -0.25) is 14.6 Å². The van der Waals surface area contributed by atoms with Gasteiger partial charge < -0.3 is 4.57 Å². The van der Waals surface area contributed by atoms with Gasteiger partial charge in [0.1, 0.15) is 12.2 Å². The van der Waals surface area contributed by atoms with Crippen LogP contribution in [0.3, 0.4) is 0 Å². The minimum Gasteiger partial charge on any atom is -0.338 e. The molecule has 0 saturated carbocycles. The van der Waals surface area contributed by atoms with Crippen LogP contribution in [0.15, 0.2) is 67.0 Å². The average molecular weight is 627 g/mol. The van der Waals surface area contributed by atoms with Crippen LogP contribution >= 0.6 is 0 Å².